The first-order valence-electron chi connectivity index (χ1n) is 8.56. The van der Waals surface area contributed by atoms with Crippen molar-refractivity contribution in [1.29, 1.82) is 0 Å². The molecule has 1 amide bonds. The van der Waals surface area contributed by atoms with Gasteiger partial charge >= 0.3 is 5.97 Å². The fourth-order valence-corrected chi connectivity index (χ4v) is 2.49. The van der Waals surface area contributed by atoms with Crippen LogP contribution in [0.3, 0.4) is 0 Å². The van der Waals surface area contributed by atoms with Gasteiger partial charge in [0.15, 0.2) is 12.4 Å². The van der Waals surface area contributed by atoms with Gasteiger partial charge in [0, 0.05) is 24.5 Å². The van der Waals surface area contributed by atoms with Crippen LogP contribution in [-0.4, -0.2) is 28.8 Å². The van der Waals surface area contributed by atoms with E-state index in [1.54, 1.807) is 13.2 Å². The summed E-state index contributed by atoms with van der Waals surface area (Å²) in [5, 5.41) is 2.69. The molecule has 26 heavy (non-hydrogen) atoms. The number of nitrogens with one attached hydrogen (secondary N) is 1. The number of carbonyl (C=O) groups is 3. The molecule has 0 aliphatic carbocycles. The first-order chi connectivity index (χ1) is 12.3. The van der Waals surface area contributed by atoms with Crippen molar-refractivity contribution in [3.8, 4) is 0 Å². The van der Waals surface area contributed by atoms with Crippen LogP contribution in [0.1, 0.15) is 59.5 Å². The smallest absolute Gasteiger partial charge is 0.355 e. The van der Waals surface area contributed by atoms with Crippen LogP contribution in [0.5, 0.6) is 0 Å². The quantitative estimate of drug-likeness (QED) is 0.608. The van der Waals surface area contributed by atoms with Crippen LogP contribution in [0.25, 0.3) is 0 Å². The van der Waals surface area contributed by atoms with Gasteiger partial charge in [-0.3, -0.25) is 9.59 Å². The molecule has 1 atom stereocenters. The van der Waals surface area contributed by atoms with Gasteiger partial charge in [-0.15, -0.1) is 0 Å². The second-order valence-corrected chi connectivity index (χ2v) is 6.34. The molecule has 0 spiro atoms. The maximum Gasteiger partial charge on any atom is 0.355 e. The van der Waals surface area contributed by atoms with Crippen molar-refractivity contribution >= 4 is 23.3 Å². The van der Waals surface area contributed by atoms with E-state index in [1.807, 2.05) is 24.3 Å². The zero-order valence-electron chi connectivity index (χ0n) is 15.5. The predicted molar refractivity (Wildman–Crippen MR) is 99.5 cm³/mol. The Morgan fingerprint density at radius 3 is 2.38 bits per heavy atom. The summed E-state index contributed by atoms with van der Waals surface area (Å²) in [5.41, 5.74) is 2.50. The average molecular weight is 356 g/mol. The third kappa shape index (κ3) is 4.81. The lowest BCUT2D eigenvalue weighted by molar-refractivity contribution is -0.119. The van der Waals surface area contributed by atoms with E-state index >= 15 is 0 Å². The zero-order chi connectivity index (χ0) is 19.3. The number of anilines is 1. The van der Waals surface area contributed by atoms with Crippen LogP contribution in [0.2, 0.25) is 0 Å². The minimum atomic E-state index is -0.651. The van der Waals surface area contributed by atoms with E-state index in [-0.39, 0.29) is 11.5 Å². The van der Waals surface area contributed by atoms with Crippen LogP contribution in [0, 0.1) is 0 Å². The summed E-state index contributed by atoms with van der Waals surface area (Å²) < 4.78 is 6.54. The van der Waals surface area contributed by atoms with Crippen molar-refractivity contribution < 1.29 is 19.1 Å². The maximum atomic E-state index is 12.1. The highest BCUT2D eigenvalue weighted by atomic mass is 16.5. The van der Waals surface area contributed by atoms with Gasteiger partial charge in [0.2, 0.25) is 0 Å². The molecular weight excluding hydrogens is 332 g/mol. The van der Waals surface area contributed by atoms with Gasteiger partial charge in [-0.2, -0.15) is 0 Å². The predicted octanol–water partition coefficient (Wildman–Crippen LogP) is 3.54. The molecule has 0 fully saturated rings. The summed E-state index contributed by atoms with van der Waals surface area (Å²) in [5.74, 6) is -0.748. The van der Waals surface area contributed by atoms with Crippen LogP contribution >= 0.6 is 0 Å². The van der Waals surface area contributed by atoms with Crippen molar-refractivity contribution in [1.82, 2.24) is 4.57 Å². The number of ether oxygens (including phenoxy) is 1. The van der Waals surface area contributed by atoms with E-state index in [0.717, 1.165) is 6.42 Å². The number of Topliss-reactive ketones (excluding diaryl/α,β-unsaturated/α-hetero) is 1. The highest BCUT2D eigenvalue weighted by molar-refractivity contribution is 5.98. The fourth-order valence-electron chi connectivity index (χ4n) is 2.49. The second kappa shape index (κ2) is 8.47. The molecule has 1 heterocycles. The standard InChI is InChI=1S/C20H24N2O4/c1-5-13(2)15-6-8-17(9-7-15)21-19(24)12-26-20(25)18-10-16(14(3)23)11-22(18)4/h6-11,13H,5,12H2,1-4H3,(H,21,24)/t13-/m1/s1. The molecule has 6 nitrogen and oxygen atoms in total. The minimum Gasteiger partial charge on any atom is -0.451 e. The van der Waals surface area contributed by atoms with Gasteiger partial charge in [-0.25, -0.2) is 4.79 Å². The van der Waals surface area contributed by atoms with Gasteiger partial charge < -0.3 is 14.6 Å². The van der Waals surface area contributed by atoms with Crippen LogP contribution < -0.4 is 5.32 Å². The van der Waals surface area contributed by atoms with Crippen molar-refractivity contribution in [2.75, 3.05) is 11.9 Å². The summed E-state index contributed by atoms with van der Waals surface area (Å²) in [6, 6.07) is 9.07. The van der Waals surface area contributed by atoms with Crippen LogP contribution in [-0.2, 0) is 16.6 Å². The Hall–Kier alpha value is -2.89. The molecular formula is C20H24N2O4. The van der Waals surface area contributed by atoms with E-state index < -0.39 is 18.5 Å². The maximum absolute atomic E-state index is 12.1. The molecule has 6 heteroatoms. The Labute approximate surface area is 153 Å². The summed E-state index contributed by atoms with van der Waals surface area (Å²) in [6.07, 6.45) is 2.60. The van der Waals surface area contributed by atoms with E-state index in [1.165, 1.54) is 23.1 Å². The molecule has 0 bridgehead atoms. The first kappa shape index (κ1) is 19.4. The highest BCUT2D eigenvalue weighted by Gasteiger charge is 2.16. The molecule has 0 unspecified atom stereocenters. The molecule has 138 valence electrons. The minimum absolute atomic E-state index is 0.141. The monoisotopic (exact) mass is 356 g/mol. The molecule has 2 aromatic rings. The van der Waals surface area contributed by atoms with E-state index in [9.17, 15) is 14.4 Å². The molecule has 2 rings (SSSR count). The number of esters is 1. The Morgan fingerprint density at radius 1 is 1.19 bits per heavy atom. The highest BCUT2D eigenvalue weighted by Crippen LogP contribution is 2.20. The lowest BCUT2D eigenvalue weighted by atomic mass is 9.99. The molecule has 0 saturated heterocycles. The zero-order valence-corrected chi connectivity index (χ0v) is 15.5. The lowest BCUT2D eigenvalue weighted by Crippen LogP contribution is -2.21. The second-order valence-electron chi connectivity index (χ2n) is 6.34. The SMILES string of the molecule is CC[C@@H](C)c1ccc(NC(=O)COC(=O)c2cc(C(C)=O)cn2C)cc1. The Kier molecular flexibility index (Phi) is 6.33. The summed E-state index contributed by atoms with van der Waals surface area (Å²) >= 11 is 0. The van der Waals surface area contributed by atoms with Gasteiger partial charge in [0.25, 0.3) is 5.91 Å². The van der Waals surface area contributed by atoms with Gasteiger partial charge in [0.1, 0.15) is 5.69 Å². The van der Waals surface area contributed by atoms with Crippen molar-refractivity contribution in [3.05, 3.63) is 53.3 Å². The van der Waals surface area contributed by atoms with E-state index in [0.29, 0.717) is 17.2 Å². The molecule has 0 radical (unpaired) electrons. The number of aryl methyl sites for hydroxylation is 1. The van der Waals surface area contributed by atoms with Gasteiger partial charge in [-0.05, 0) is 43.0 Å². The molecule has 0 saturated carbocycles. The third-order valence-electron chi connectivity index (χ3n) is 4.33. The largest absolute Gasteiger partial charge is 0.451 e. The van der Waals surface area contributed by atoms with Crippen molar-refractivity contribution in [2.24, 2.45) is 7.05 Å². The van der Waals surface area contributed by atoms with E-state index in [4.69, 9.17) is 4.74 Å². The number of benzene rings is 1. The molecule has 0 aliphatic rings. The summed E-state index contributed by atoms with van der Waals surface area (Å²) in [7, 11) is 1.64. The number of amides is 1. The number of rotatable bonds is 7. The van der Waals surface area contributed by atoms with Gasteiger partial charge in [0.05, 0.1) is 0 Å². The van der Waals surface area contributed by atoms with Crippen molar-refractivity contribution in [3.63, 3.8) is 0 Å². The van der Waals surface area contributed by atoms with E-state index in [2.05, 4.69) is 19.2 Å². The Balaban J connectivity index is 1.90. The van der Waals surface area contributed by atoms with Gasteiger partial charge in [-0.1, -0.05) is 26.0 Å². The number of hydrogen-bond acceptors (Lipinski definition) is 4. The Bertz CT molecular complexity index is 806. The molecule has 0 aliphatic heterocycles. The third-order valence-corrected chi connectivity index (χ3v) is 4.33. The summed E-state index contributed by atoms with van der Waals surface area (Å²) in [4.78, 5) is 35.4. The van der Waals surface area contributed by atoms with Crippen LogP contribution in [0.4, 0.5) is 5.69 Å². The number of nitrogens with zero attached hydrogens (tertiary/aromatic N) is 1. The number of ketones is 1. The average Bonchev–Trinajstić information content (AvgIpc) is 3.02. The molecule has 1 aromatic carbocycles. The number of hydrogen-bond donors (Lipinski definition) is 1. The lowest BCUT2D eigenvalue weighted by Gasteiger charge is -2.11. The topological polar surface area (TPSA) is 77.4 Å². The molecule has 1 N–H and O–H groups in total. The fraction of sp³-hybridized carbons (Fsp3) is 0.350. The summed E-state index contributed by atoms with van der Waals surface area (Å²) in [6.45, 7) is 5.30. The van der Waals surface area contributed by atoms with Crippen LogP contribution in [0.15, 0.2) is 36.5 Å². The first-order valence-corrected chi connectivity index (χ1v) is 8.56. The number of aromatic nitrogens is 1. The Morgan fingerprint density at radius 2 is 1.85 bits per heavy atom. The number of carbonyl (C=O) groups excluding carboxylic acids is 3. The molecule has 1 aromatic heterocycles. The van der Waals surface area contributed by atoms with Crippen molar-refractivity contribution in [2.45, 2.75) is 33.1 Å². The normalized spacial score (nSPS) is 11.7.